The summed E-state index contributed by atoms with van der Waals surface area (Å²) in [5, 5.41) is 0. The van der Waals surface area contributed by atoms with Gasteiger partial charge in [0.15, 0.2) is 0 Å². The Labute approximate surface area is 120 Å². The molecule has 2 rings (SSSR count). The summed E-state index contributed by atoms with van der Waals surface area (Å²) in [6.45, 7) is 4.07. The van der Waals surface area contributed by atoms with Crippen LogP contribution in [0.2, 0.25) is 0 Å². The predicted octanol–water partition coefficient (Wildman–Crippen LogP) is 3.41. The van der Waals surface area contributed by atoms with E-state index < -0.39 is 0 Å². The van der Waals surface area contributed by atoms with Gasteiger partial charge in [-0.05, 0) is 31.5 Å². The van der Waals surface area contributed by atoms with Gasteiger partial charge in [0.1, 0.15) is 0 Å². The first-order valence-corrected chi connectivity index (χ1v) is 6.69. The minimum absolute atomic E-state index is 0.00251. The van der Waals surface area contributed by atoms with Crippen LogP contribution in [0.25, 0.3) is 0 Å². The third-order valence-corrected chi connectivity index (χ3v) is 3.65. The molecule has 0 aliphatic carbocycles. The number of anilines is 1. The van der Waals surface area contributed by atoms with E-state index in [2.05, 4.69) is 24.3 Å². The van der Waals surface area contributed by atoms with Crippen molar-refractivity contribution in [3.63, 3.8) is 0 Å². The fraction of sp³-hybridized carbons (Fsp3) is 0.235. The number of benzene rings is 2. The van der Waals surface area contributed by atoms with Crippen molar-refractivity contribution in [2.75, 3.05) is 12.8 Å². The number of aryl methyl sites for hydroxylation is 1. The summed E-state index contributed by atoms with van der Waals surface area (Å²) in [6.07, 6.45) is 0. The number of carbonyl (C=O) groups excluding carboxylic acids is 1. The van der Waals surface area contributed by atoms with E-state index in [-0.39, 0.29) is 11.9 Å². The van der Waals surface area contributed by atoms with Crippen LogP contribution in [0.3, 0.4) is 0 Å². The molecule has 2 aromatic rings. The van der Waals surface area contributed by atoms with Gasteiger partial charge in [-0.2, -0.15) is 0 Å². The summed E-state index contributed by atoms with van der Waals surface area (Å²) >= 11 is 0. The maximum atomic E-state index is 12.5. The monoisotopic (exact) mass is 268 g/mol. The van der Waals surface area contributed by atoms with Gasteiger partial charge in [-0.3, -0.25) is 4.79 Å². The normalized spacial score (nSPS) is 11.9. The molecule has 0 heterocycles. The lowest BCUT2D eigenvalue weighted by Gasteiger charge is -2.26. The van der Waals surface area contributed by atoms with Crippen LogP contribution in [0.1, 0.15) is 34.5 Å². The summed E-state index contributed by atoms with van der Waals surface area (Å²) in [5.74, 6) is -0.0591. The molecule has 0 aliphatic heterocycles. The fourth-order valence-corrected chi connectivity index (χ4v) is 2.13. The van der Waals surface area contributed by atoms with Crippen molar-refractivity contribution in [1.82, 2.24) is 4.90 Å². The van der Waals surface area contributed by atoms with E-state index in [1.165, 1.54) is 5.56 Å². The number of carbonyl (C=O) groups is 1. The zero-order valence-electron chi connectivity index (χ0n) is 12.1. The van der Waals surface area contributed by atoms with E-state index in [9.17, 15) is 4.79 Å². The second-order valence-electron chi connectivity index (χ2n) is 5.09. The number of nitrogen functional groups attached to an aromatic ring is 1. The van der Waals surface area contributed by atoms with Gasteiger partial charge in [0.2, 0.25) is 0 Å². The molecule has 0 aliphatic rings. The molecule has 1 unspecified atom stereocenters. The number of hydrogen-bond donors (Lipinski definition) is 1. The minimum atomic E-state index is -0.0591. The SMILES string of the molecule is Cc1ccc(C(C)N(C)C(=O)c2ccccc2N)cc1. The first kappa shape index (κ1) is 14.1. The molecule has 0 bridgehead atoms. The quantitative estimate of drug-likeness (QED) is 0.867. The number of para-hydroxylation sites is 1. The Morgan fingerprint density at radius 1 is 1.10 bits per heavy atom. The van der Waals surface area contributed by atoms with Gasteiger partial charge in [0.05, 0.1) is 11.6 Å². The van der Waals surface area contributed by atoms with Crippen molar-refractivity contribution in [3.05, 3.63) is 65.2 Å². The molecule has 2 N–H and O–H groups in total. The van der Waals surface area contributed by atoms with Gasteiger partial charge < -0.3 is 10.6 Å². The summed E-state index contributed by atoms with van der Waals surface area (Å²) in [4.78, 5) is 14.2. The zero-order chi connectivity index (χ0) is 14.7. The molecule has 1 atom stereocenters. The summed E-state index contributed by atoms with van der Waals surface area (Å²) < 4.78 is 0. The van der Waals surface area contributed by atoms with Crippen LogP contribution in [-0.2, 0) is 0 Å². The third kappa shape index (κ3) is 2.82. The highest BCUT2D eigenvalue weighted by Crippen LogP contribution is 2.22. The average Bonchev–Trinajstić information content (AvgIpc) is 2.46. The van der Waals surface area contributed by atoms with Crippen molar-refractivity contribution in [2.24, 2.45) is 0 Å². The van der Waals surface area contributed by atoms with Gasteiger partial charge in [-0.25, -0.2) is 0 Å². The molecule has 3 heteroatoms. The minimum Gasteiger partial charge on any atom is -0.398 e. The first-order chi connectivity index (χ1) is 9.50. The zero-order valence-corrected chi connectivity index (χ0v) is 12.1. The topological polar surface area (TPSA) is 46.3 Å². The van der Waals surface area contributed by atoms with Gasteiger partial charge >= 0.3 is 0 Å². The van der Waals surface area contributed by atoms with Crippen molar-refractivity contribution < 1.29 is 4.79 Å². The Balaban J connectivity index is 2.22. The van der Waals surface area contributed by atoms with Crippen molar-refractivity contribution >= 4 is 11.6 Å². The molecule has 3 nitrogen and oxygen atoms in total. The largest absolute Gasteiger partial charge is 0.398 e. The Morgan fingerprint density at radius 2 is 1.70 bits per heavy atom. The van der Waals surface area contributed by atoms with Crippen LogP contribution in [-0.4, -0.2) is 17.9 Å². The highest BCUT2D eigenvalue weighted by Gasteiger charge is 2.20. The Bertz CT molecular complexity index is 605. The summed E-state index contributed by atoms with van der Waals surface area (Å²) in [5.41, 5.74) is 9.26. The van der Waals surface area contributed by atoms with E-state index in [0.29, 0.717) is 11.3 Å². The highest BCUT2D eigenvalue weighted by molar-refractivity contribution is 5.99. The van der Waals surface area contributed by atoms with E-state index >= 15 is 0 Å². The number of nitrogens with zero attached hydrogens (tertiary/aromatic N) is 1. The number of amides is 1. The van der Waals surface area contributed by atoms with Gasteiger partial charge in [-0.15, -0.1) is 0 Å². The molecule has 0 aromatic heterocycles. The highest BCUT2D eigenvalue weighted by atomic mass is 16.2. The summed E-state index contributed by atoms with van der Waals surface area (Å²) in [6, 6.07) is 15.4. The Kier molecular flexibility index (Phi) is 4.08. The second-order valence-corrected chi connectivity index (χ2v) is 5.09. The van der Waals surface area contributed by atoms with Crippen LogP contribution >= 0.6 is 0 Å². The Hall–Kier alpha value is -2.29. The lowest BCUT2D eigenvalue weighted by atomic mass is 10.0. The molecular formula is C17H20N2O. The van der Waals surface area contributed by atoms with Crippen LogP contribution in [0, 0.1) is 6.92 Å². The van der Waals surface area contributed by atoms with Crippen molar-refractivity contribution in [3.8, 4) is 0 Å². The number of nitrogens with two attached hydrogens (primary N) is 1. The van der Waals surface area contributed by atoms with E-state index in [1.807, 2.05) is 26.0 Å². The van der Waals surface area contributed by atoms with Crippen molar-refractivity contribution in [1.29, 1.82) is 0 Å². The molecule has 104 valence electrons. The molecule has 1 amide bonds. The maximum absolute atomic E-state index is 12.5. The third-order valence-electron chi connectivity index (χ3n) is 3.65. The molecule has 2 aromatic carbocycles. The van der Waals surface area contributed by atoms with Crippen LogP contribution < -0.4 is 5.73 Å². The molecule has 0 saturated carbocycles. The smallest absolute Gasteiger partial charge is 0.256 e. The molecule has 0 radical (unpaired) electrons. The van der Waals surface area contributed by atoms with E-state index in [1.54, 1.807) is 24.1 Å². The fourth-order valence-electron chi connectivity index (χ4n) is 2.13. The lowest BCUT2D eigenvalue weighted by Crippen LogP contribution is -2.30. The van der Waals surface area contributed by atoms with Gasteiger partial charge in [0.25, 0.3) is 5.91 Å². The number of hydrogen-bond acceptors (Lipinski definition) is 2. The second kappa shape index (κ2) is 5.78. The lowest BCUT2D eigenvalue weighted by molar-refractivity contribution is 0.0743. The summed E-state index contributed by atoms with van der Waals surface area (Å²) in [7, 11) is 1.80. The average molecular weight is 268 g/mol. The molecule has 0 fully saturated rings. The van der Waals surface area contributed by atoms with Crippen LogP contribution in [0.15, 0.2) is 48.5 Å². The van der Waals surface area contributed by atoms with Crippen LogP contribution in [0.5, 0.6) is 0 Å². The maximum Gasteiger partial charge on any atom is 0.256 e. The van der Waals surface area contributed by atoms with Gasteiger partial charge in [0, 0.05) is 12.7 Å². The standard InChI is InChI=1S/C17H20N2O/c1-12-8-10-14(11-9-12)13(2)19(3)17(20)15-6-4-5-7-16(15)18/h4-11,13H,18H2,1-3H3. The first-order valence-electron chi connectivity index (χ1n) is 6.69. The van der Waals surface area contributed by atoms with Gasteiger partial charge in [-0.1, -0.05) is 42.0 Å². The van der Waals surface area contributed by atoms with Crippen LogP contribution in [0.4, 0.5) is 5.69 Å². The molecule has 0 saturated heterocycles. The molecular weight excluding hydrogens is 248 g/mol. The number of rotatable bonds is 3. The van der Waals surface area contributed by atoms with Crippen molar-refractivity contribution in [2.45, 2.75) is 19.9 Å². The van der Waals surface area contributed by atoms with E-state index in [0.717, 1.165) is 5.56 Å². The molecule has 20 heavy (non-hydrogen) atoms. The molecule has 0 spiro atoms. The van der Waals surface area contributed by atoms with E-state index in [4.69, 9.17) is 5.73 Å². The Morgan fingerprint density at radius 3 is 2.30 bits per heavy atom. The predicted molar refractivity (Wildman–Crippen MR) is 82.5 cm³/mol.